The van der Waals surface area contributed by atoms with E-state index in [1.807, 2.05) is 6.92 Å². The van der Waals surface area contributed by atoms with Gasteiger partial charge in [0.05, 0.1) is 19.3 Å². The number of nitrogens with one attached hydrogen (secondary N) is 2. The van der Waals surface area contributed by atoms with Gasteiger partial charge in [-0.15, -0.1) is 0 Å². The predicted molar refractivity (Wildman–Crippen MR) is 79.3 cm³/mol. The topological polar surface area (TPSA) is 79.3 Å². The SMILES string of the molecule is CCNc1ncnc(NC2CCCCCC2O)c1OC. The quantitative estimate of drug-likeness (QED) is 0.716. The van der Waals surface area contributed by atoms with Gasteiger partial charge in [-0.05, 0) is 19.8 Å². The Kier molecular flexibility index (Phi) is 5.40. The van der Waals surface area contributed by atoms with Gasteiger partial charge in [0, 0.05) is 6.54 Å². The lowest BCUT2D eigenvalue weighted by Gasteiger charge is -2.23. The van der Waals surface area contributed by atoms with Gasteiger partial charge in [-0.1, -0.05) is 19.3 Å². The molecule has 0 radical (unpaired) electrons. The van der Waals surface area contributed by atoms with Gasteiger partial charge in [0.15, 0.2) is 11.6 Å². The van der Waals surface area contributed by atoms with Crippen LogP contribution >= 0.6 is 0 Å². The number of aromatic nitrogens is 2. The number of ether oxygens (including phenoxy) is 1. The molecule has 0 spiro atoms. The number of hydrogen-bond donors (Lipinski definition) is 3. The molecule has 2 unspecified atom stereocenters. The maximum Gasteiger partial charge on any atom is 0.204 e. The molecule has 1 saturated carbocycles. The Hall–Kier alpha value is -1.56. The normalized spacial score (nSPS) is 22.9. The molecule has 0 aliphatic heterocycles. The Bertz CT molecular complexity index is 428. The number of nitrogens with zero attached hydrogens (tertiary/aromatic N) is 2. The number of methoxy groups -OCH3 is 1. The third kappa shape index (κ3) is 3.50. The molecular formula is C14H24N4O2. The average Bonchev–Trinajstić information content (AvgIpc) is 2.65. The molecule has 1 heterocycles. The van der Waals surface area contributed by atoms with Crippen LogP contribution in [0.25, 0.3) is 0 Å². The van der Waals surface area contributed by atoms with Crippen molar-refractivity contribution >= 4 is 11.6 Å². The lowest BCUT2D eigenvalue weighted by Crippen LogP contribution is -2.33. The van der Waals surface area contributed by atoms with Crippen LogP contribution in [0.15, 0.2) is 6.33 Å². The predicted octanol–water partition coefficient (Wildman–Crippen LogP) is 2.02. The van der Waals surface area contributed by atoms with E-state index in [-0.39, 0.29) is 12.1 Å². The monoisotopic (exact) mass is 280 g/mol. The van der Waals surface area contributed by atoms with Gasteiger partial charge in [0.2, 0.25) is 5.75 Å². The fourth-order valence-corrected chi connectivity index (χ4v) is 2.60. The molecule has 1 aliphatic rings. The van der Waals surface area contributed by atoms with Gasteiger partial charge < -0.3 is 20.5 Å². The molecule has 1 aromatic rings. The van der Waals surface area contributed by atoms with Crippen LogP contribution in [0.4, 0.5) is 11.6 Å². The number of aliphatic hydroxyl groups is 1. The van der Waals surface area contributed by atoms with Crippen LogP contribution in [0.5, 0.6) is 5.75 Å². The summed E-state index contributed by atoms with van der Waals surface area (Å²) in [6.45, 7) is 2.77. The molecule has 0 aromatic carbocycles. The minimum absolute atomic E-state index is 0.0239. The van der Waals surface area contributed by atoms with Crippen molar-refractivity contribution in [1.82, 2.24) is 9.97 Å². The molecule has 3 N–H and O–H groups in total. The van der Waals surface area contributed by atoms with Crippen LogP contribution in [0, 0.1) is 0 Å². The highest BCUT2D eigenvalue weighted by molar-refractivity contribution is 5.63. The second-order valence-corrected chi connectivity index (χ2v) is 5.09. The van der Waals surface area contributed by atoms with Gasteiger partial charge in [-0.2, -0.15) is 0 Å². The van der Waals surface area contributed by atoms with Gasteiger partial charge in [0.25, 0.3) is 0 Å². The summed E-state index contributed by atoms with van der Waals surface area (Å²) in [4.78, 5) is 8.43. The van der Waals surface area contributed by atoms with E-state index in [2.05, 4.69) is 20.6 Å². The summed E-state index contributed by atoms with van der Waals surface area (Å²) in [5, 5.41) is 16.7. The van der Waals surface area contributed by atoms with Gasteiger partial charge in [-0.25, -0.2) is 9.97 Å². The largest absolute Gasteiger partial charge is 0.490 e. The third-order valence-corrected chi connectivity index (χ3v) is 3.65. The lowest BCUT2D eigenvalue weighted by atomic mass is 10.1. The third-order valence-electron chi connectivity index (χ3n) is 3.65. The van der Waals surface area contributed by atoms with Crippen molar-refractivity contribution in [3.63, 3.8) is 0 Å². The van der Waals surface area contributed by atoms with Crippen molar-refractivity contribution in [2.45, 2.75) is 51.2 Å². The number of rotatable bonds is 5. The minimum Gasteiger partial charge on any atom is -0.490 e. The van der Waals surface area contributed by atoms with Gasteiger partial charge >= 0.3 is 0 Å². The van der Waals surface area contributed by atoms with Crippen LogP contribution < -0.4 is 15.4 Å². The molecule has 0 bridgehead atoms. The first-order chi connectivity index (χ1) is 9.76. The zero-order valence-corrected chi connectivity index (χ0v) is 12.2. The molecule has 0 saturated heterocycles. The molecule has 6 heteroatoms. The fraction of sp³-hybridized carbons (Fsp3) is 0.714. The van der Waals surface area contributed by atoms with E-state index < -0.39 is 0 Å². The molecule has 1 aromatic heterocycles. The Morgan fingerprint density at radius 3 is 2.75 bits per heavy atom. The molecule has 2 atom stereocenters. The first-order valence-electron chi connectivity index (χ1n) is 7.33. The van der Waals surface area contributed by atoms with E-state index in [0.29, 0.717) is 17.4 Å². The summed E-state index contributed by atoms with van der Waals surface area (Å²) in [5.74, 6) is 1.92. The highest BCUT2D eigenvalue weighted by Gasteiger charge is 2.23. The summed E-state index contributed by atoms with van der Waals surface area (Å²) in [5.41, 5.74) is 0. The first kappa shape index (κ1) is 14.8. The van der Waals surface area contributed by atoms with Crippen molar-refractivity contribution in [3.05, 3.63) is 6.33 Å². The van der Waals surface area contributed by atoms with Crippen molar-refractivity contribution < 1.29 is 9.84 Å². The van der Waals surface area contributed by atoms with E-state index in [0.717, 1.165) is 32.2 Å². The zero-order valence-electron chi connectivity index (χ0n) is 12.2. The number of hydrogen-bond acceptors (Lipinski definition) is 6. The number of anilines is 2. The van der Waals surface area contributed by atoms with Crippen LogP contribution in [0.3, 0.4) is 0 Å². The van der Waals surface area contributed by atoms with E-state index in [1.54, 1.807) is 7.11 Å². The molecule has 20 heavy (non-hydrogen) atoms. The maximum absolute atomic E-state index is 10.2. The maximum atomic E-state index is 10.2. The Labute approximate surface area is 120 Å². The zero-order chi connectivity index (χ0) is 14.4. The van der Waals surface area contributed by atoms with Crippen LogP contribution in [0.2, 0.25) is 0 Å². The number of aliphatic hydroxyl groups excluding tert-OH is 1. The van der Waals surface area contributed by atoms with E-state index in [4.69, 9.17) is 4.74 Å². The molecule has 0 amide bonds. The molecule has 2 rings (SSSR count). The van der Waals surface area contributed by atoms with Crippen LogP contribution in [-0.2, 0) is 0 Å². The van der Waals surface area contributed by atoms with Crippen LogP contribution in [-0.4, -0.2) is 40.9 Å². The van der Waals surface area contributed by atoms with Crippen molar-refractivity contribution in [2.75, 3.05) is 24.3 Å². The highest BCUT2D eigenvalue weighted by atomic mass is 16.5. The lowest BCUT2D eigenvalue weighted by molar-refractivity contribution is 0.144. The first-order valence-corrected chi connectivity index (χ1v) is 7.33. The summed E-state index contributed by atoms with van der Waals surface area (Å²) in [6.07, 6.45) is 6.35. The summed E-state index contributed by atoms with van der Waals surface area (Å²) >= 11 is 0. The van der Waals surface area contributed by atoms with E-state index in [9.17, 15) is 5.11 Å². The van der Waals surface area contributed by atoms with E-state index in [1.165, 1.54) is 12.7 Å². The van der Waals surface area contributed by atoms with Gasteiger partial charge in [-0.3, -0.25) is 0 Å². The minimum atomic E-state index is -0.334. The molecule has 6 nitrogen and oxygen atoms in total. The highest BCUT2D eigenvalue weighted by Crippen LogP contribution is 2.31. The van der Waals surface area contributed by atoms with Gasteiger partial charge in [0.1, 0.15) is 6.33 Å². The summed E-state index contributed by atoms with van der Waals surface area (Å²) in [6, 6.07) is 0.0239. The Balaban J connectivity index is 2.16. The van der Waals surface area contributed by atoms with Crippen molar-refractivity contribution in [3.8, 4) is 5.75 Å². The molecular weight excluding hydrogens is 256 g/mol. The summed E-state index contributed by atoms with van der Waals surface area (Å²) in [7, 11) is 1.61. The second-order valence-electron chi connectivity index (χ2n) is 5.09. The fourth-order valence-electron chi connectivity index (χ4n) is 2.60. The molecule has 1 fully saturated rings. The Morgan fingerprint density at radius 1 is 1.25 bits per heavy atom. The Morgan fingerprint density at radius 2 is 2.00 bits per heavy atom. The van der Waals surface area contributed by atoms with E-state index >= 15 is 0 Å². The molecule has 1 aliphatic carbocycles. The standard InChI is InChI=1S/C14H24N4O2/c1-3-15-13-12(20-2)14(17-9-16-13)18-10-7-5-4-6-8-11(10)19/h9-11,19H,3-8H2,1-2H3,(H2,15,16,17,18). The second kappa shape index (κ2) is 7.28. The summed E-state index contributed by atoms with van der Waals surface area (Å²) < 4.78 is 5.41. The van der Waals surface area contributed by atoms with Crippen molar-refractivity contribution in [1.29, 1.82) is 0 Å². The smallest absolute Gasteiger partial charge is 0.204 e. The average molecular weight is 280 g/mol. The molecule has 112 valence electrons. The van der Waals surface area contributed by atoms with Crippen LogP contribution in [0.1, 0.15) is 39.0 Å². The van der Waals surface area contributed by atoms with Crippen molar-refractivity contribution in [2.24, 2.45) is 0 Å².